The van der Waals surface area contributed by atoms with E-state index in [1.165, 1.54) is 19.3 Å². The van der Waals surface area contributed by atoms with E-state index in [0.717, 1.165) is 6.54 Å². The van der Waals surface area contributed by atoms with Gasteiger partial charge in [0.05, 0.1) is 5.92 Å². The predicted octanol–water partition coefficient (Wildman–Crippen LogP) is 0.455. The minimum Gasteiger partial charge on any atom is -0.355 e. The number of nitrogens with one attached hydrogen (secondary N) is 1. The van der Waals surface area contributed by atoms with Crippen molar-refractivity contribution in [2.24, 2.45) is 5.92 Å². The molecule has 1 N–H and O–H groups in total. The van der Waals surface area contributed by atoms with Crippen molar-refractivity contribution in [3.05, 3.63) is 0 Å². The van der Waals surface area contributed by atoms with Crippen molar-refractivity contribution < 1.29 is 9.59 Å². The average molecular weight is 267 g/mol. The second kappa shape index (κ2) is 5.49. The molecule has 1 aliphatic carbocycles. The van der Waals surface area contributed by atoms with Crippen LogP contribution < -0.4 is 5.32 Å². The average Bonchev–Trinajstić information content (AvgIpc) is 2.33. The van der Waals surface area contributed by atoms with Gasteiger partial charge < -0.3 is 15.1 Å². The molecule has 1 atom stereocenters. The molecule has 2 rings (SSSR count). The molecular weight excluding hydrogens is 242 g/mol. The van der Waals surface area contributed by atoms with Gasteiger partial charge in [-0.15, -0.1) is 0 Å². The summed E-state index contributed by atoms with van der Waals surface area (Å²) in [6.45, 7) is 1.29. The SMILES string of the molecule is CN(CC1(N(C)C)CCC1)C(=O)C1CCC(=O)NC1. The maximum atomic E-state index is 12.4. The van der Waals surface area contributed by atoms with Crippen LogP contribution in [0, 0.1) is 5.92 Å². The van der Waals surface area contributed by atoms with E-state index in [1.807, 2.05) is 11.9 Å². The van der Waals surface area contributed by atoms with E-state index < -0.39 is 0 Å². The van der Waals surface area contributed by atoms with Gasteiger partial charge in [0.2, 0.25) is 11.8 Å². The fraction of sp³-hybridized carbons (Fsp3) is 0.857. The zero-order valence-corrected chi connectivity index (χ0v) is 12.2. The Bertz CT molecular complexity index is 354. The van der Waals surface area contributed by atoms with E-state index in [0.29, 0.717) is 19.4 Å². The lowest BCUT2D eigenvalue weighted by molar-refractivity contribution is -0.138. The van der Waals surface area contributed by atoms with Crippen LogP contribution in [0.5, 0.6) is 0 Å². The summed E-state index contributed by atoms with van der Waals surface area (Å²) in [6.07, 6.45) is 4.74. The summed E-state index contributed by atoms with van der Waals surface area (Å²) >= 11 is 0. The third kappa shape index (κ3) is 2.91. The lowest BCUT2D eigenvalue weighted by Crippen LogP contribution is -2.58. The summed E-state index contributed by atoms with van der Waals surface area (Å²) in [6, 6.07) is 0. The minimum atomic E-state index is -0.0398. The Labute approximate surface area is 115 Å². The summed E-state index contributed by atoms with van der Waals surface area (Å²) in [5, 5.41) is 2.78. The van der Waals surface area contributed by atoms with E-state index in [4.69, 9.17) is 0 Å². The van der Waals surface area contributed by atoms with Crippen molar-refractivity contribution in [1.82, 2.24) is 15.1 Å². The molecular formula is C14H25N3O2. The molecule has 5 nitrogen and oxygen atoms in total. The van der Waals surface area contributed by atoms with Crippen LogP contribution >= 0.6 is 0 Å². The standard InChI is InChI=1S/C14H25N3O2/c1-16(2)14(7-4-8-14)10-17(3)13(19)11-5-6-12(18)15-9-11/h11H,4-10H2,1-3H3,(H,15,18). The largest absolute Gasteiger partial charge is 0.355 e. The highest BCUT2D eigenvalue weighted by molar-refractivity contribution is 5.83. The van der Waals surface area contributed by atoms with E-state index in [-0.39, 0.29) is 23.3 Å². The lowest BCUT2D eigenvalue weighted by Gasteiger charge is -2.49. The molecule has 1 saturated carbocycles. The Hall–Kier alpha value is -1.10. The molecule has 2 amide bonds. The number of nitrogens with zero attached hydrogens (tertiary/aromatic N) is 2. The van der Waals surface area contributed by atoms with Gasteiger partial charge in [0.25, 0.3) is 0 Å². The zero-order valence-electron chi connectivity index (χ0n) is 12.2. The Morgan fingerprint density at radius 2 is 2.05 bits per heavy atom. The summed E-state index contributed by atoms with van der Waals surface area (Å²) in [5.74, 6) is 0.200. The molecule has 1 saturated heterocycles. The number of hydrogen-bond donors (Lipinski definition) is 1. The first-order valence-corrected chi connectivity index (χ1v) is 7.14. The number of hydrogen-bond acceptors (Lipinski definition) is 3. The van der Waals surface area contributed by atoms with E-state index >= 15 is 0 Å². The number of piperidine rings is 1. The Kier molecular flexibility index (Phi) is 4.13. The number of rotatable bonds is 4. The molecule has 0 radical (unpaired) electrons. The van der Waals surface area contributed by atoms with E-state index in [9.17, 15) is 9.59 Å². The highest BCUT2D eigenvalue weighted by atomic mass is 16.2. The molecule has 0 aromatic carbocycles. The molecule has 5 heteroatoms. The summed E-state index contributed by atoms with van der Waals surface area (Å²) in [5.41, 5.74) is 0.169. The zero-order chi connectivity index (χ0) is 14.0. The predicted molar refractivity (Wildman–Crippen MR) is 73.6 cm³/mol. The first-order valence-electron chi connectivity index (χ1n) is 7.14. The molecule has 0 spiro atoms. The van der Waals surface area contributed by atoms with Gasteiger partial charge in [-0.25, -0.2) is 0 Å². The van der Waals surface area contributed by atoms with Gasteiger partial charge in [0.1, 0.15) is 0 Å². The van der Waals surface area contributed by atoms with Gasteiger partial charge >= 0.3 is 0 Å². The van der Waals surface area contributed by atoms with E-state index in [2.05, 4.69) is 24.3 Å². The normalized spacial score (nSPS) is 25.7. The Morgan fingerprint density at radius 1 is 1.37 bits per heavy atom. The number of carbonyl (C=O) groups is 2. The number of carbonyl (C=O) groups excluding carboxylic acids is 2. The van der Waals surface area contributed by atoms with E-state index in [1.54, 1.807) is 0 Å². The van der Waals surface area contributed by atoms with Crippen LogP contribution in [0.4, 0.5) is 0 Å². The highest BCUT2D eigenvalue weighted by Gasteiger charge is 2.41. The molecule has 1 unspecified atom stereocenters. The van der Waals surface area contributed by atoms with Gasteiger partial charge in [-0.1, -0.05) is 0 Å². The van der Waals surface area contributed by atoms with Crippen LogP contribution in [0.1, 0.15) is 32.1 Å². The van der Waals surface area contributed by atoms with Gasteiger partial charge in [-0.2, -0.15) is 0 Å². The highest BCUT2D eigenvalue weighted by Crippen LogP contribution is 2.36. The topological polar surface area (TPSA) is 52.7 Å². The third-order valence-electron chi connectivity index (χ3n) is 4.76. The monoisotopic (exact) mass is 267 g/mol. The fourth-order valence-corrected chi connectivity index (χ4v) is 3.11. The van der Waals surface area contributed by atoms with Crippen LogP contribution in [0.2, 0.25) is 0 Å². The molecule has 108 valence electrons. The van der Waals surface area contributed by atoms with Crippen molar-refractivity contribution in [3.63, 3.8) is 0 Å². The summed E-state index contributed by atoms with van der Waals surface area (Å²) in [4.78, 5) is 27.6. The molecule has 2 aliphatic rings. The first-order chi connectivity index (χ1) is 8.94. The second-order valence-electron chi connectivity index (χ2n) is 6.21. The van der Waals surface area contributed by atoms with Gasteiger partial charge in [-0.05, 0) is 39.8 Å². The number of amides is 2. The summed E-state index contributed by atoms with van der Waals surface area (Å²) < 4.78 is 0. The van der Waals surface area contributed by atoms with Crippen molar-refractivity contribution in [3.8, 4) is 0 Å². The van der Waals surface area contributed by atoms with Crippen LogP contribution in [-0.2, 0) is 9.59 Å². The molecule has 0 bridgehead atoms. The summed E-state index contributed by atoms with van der Waals surface area (Å²) in [7, 11) is 6.08. The molecule has 1 heterocycles. The third-order valence-corrected chi connectivity index (χ3v) is 4.76. The van der Waals surface area contributed by atoms with Crippen molar-refractivity contribution in [1.29, 1.82) is 0 Å². The molecule has 0 aromatic heterocycles. The Morgan fingerprint density at radius 3 is 2.47 bits per heavy atom. The Balaban J connectivity index is 1.90. The van der Waals surface area contributed by atoms with Crippen LogP contribution in [0.25, 0.3) is 0 Å². The van der Waals surface area contributed by atoms with Gasteiger partial charge in [-0.3, -0.25) is 9.59 Å². The number of likely N-dealkylation sites (N-methyl/N-ethyl adjacent to an activating group) is 2. The minimum absolute atomic E-state index is 0.0398. The molecule has 2 fully saturated rings. The maximum absolute atomic E-state index is 12.4. The molecule has 1 aliphatic heterocycles. The second-order valence-corrected chi connectivity index (χ2v) is 6.21. The van der Waals surface area contributed by atoms with Gasteiger partial charge in [0.15, 0.2) is 0 Å². The van der Waals surface area contributed by atoms with Crippen molar-refractivity contribution in [2.75, 3.05) is 34.2 Å². The first kappa shape index (κ1) is 14.3. The van der Waals surface area contributed by atoms with Crippen LogP contribution in [0.3, 0.4) is 0 Å². The fourth-order valence-electron chi connectivity index (χ4n) is 3.11. The van der Waals surface area contributed by atoms with Crippen LogP contribution in [-0.4, -0.2) is 61.4 Å². The van der Waals surface area contributed by atoms with Crippen molar-refractivity contribution in [2.45, 2.75) is 37.6 Å². The molecule has 19 heavy (non-hydrogen) atoms. The smallest absolute Gasteiger partial charge is 0.227 e. The molecule has 0 aromatic rings. The quantitative estimate of drug-likeness (QED) is 0.805. The van der Waals surface area contributed by atoms with Crippen LogP contribution in [0.15, 0.2) is 0 Å². The lowest BCUT2D eigenvalue weighted by atomic mass is 9.75. The van der Waals surface area contributed by atoms with Crippen molar-refractivity contribution >= 4 is 11.8 Å². The maximum Gasteiger partial charge on any atom is 0.227 e. The van der Waals surface area contributed by atoms with Gasteiger partial charge in [0, 0.05) is 32.1 Å².